The SMILES string of the molecule is CC(C)CN(C(=O)N[C@H](CO)C(=O)O)C(C)C. The number of aliphatic hydroxyl groups excluding tert-OH is 1. The van der Waals surface area contributed by atoms with Gasteiger partial charge < -0.3 is 20.4 Å². The molecule has 0 spiro atoms. The number of nitrogens with zero attached hydrogens (tertiary/aromatic N) is 1. The summed E-state index contributed by atoms with van der Waals surface area (Å²) in [5, 5.41) is 19.9. The van der Waals surface area contributed by atoms with Crippen LogP contribution in [-0.2, 0) is 4.79 Å². The summed E-state index contributed by atoms with van der Waals surface area (Å²) in [4.78, 5) is 24.1. The van der Waals surface area contributed by atoms with Crippen LogP contribution in [-0.4, -0.2) is 52.3 Å². The minimum absolute atomic E-state index is 0.0227. The Morgan fingerprint density at radius 1 is 1.24 bits per heavy atom. The van der Waals surface area contributed by atoms with Crippen LogP contribution in [0, 0.1) is 5.92 Å². The molecule has 6 nitrogen and oxygen atoms in total. The van der Waals surface area contributed by atoms with Crippen molar-refractivity contribution in [2.24, 2.45) is 5.92 Å². The average Bonchev–Trinajstić information content (AvgIpc) is 2.20. The zero-order chi connectivity index (χ0) is 13.6. The number of hydrogen-bond acceptors (Lipinski definition) is 3. The van der Waals surface area contributed by atoms with Gasteiger partial charge in [0.05, 0.1) is 6.61 Å². The standard InChI is InChI=1S/C11H22N2O4/c1-7(2)5-13(8(3)4)11(17)12-9(6-14)10(15)16/h7-9,14H,5-6H2,1-4H3,(H,12,17)(H,15,16)/t9-/m1/s1. The van der Waals surface area contributed by atoms with Gasteiger partial charge in [-0.1, -0.05) is 13.8 Å². The molecule has 0 aromatic carbocycles. The second kappa shape index (κ2) is 7.11. The van der Waals surface area contributed by atoms with E-state index in [0.717, 1.165) is 0 Å². The van der Waals surface area contributed by atoms with Gasteiger partial charge in [-0.05, 0) is 19.8 Å². The fourth-order valence-electron chi connectivity index (χ4n) is 1.34. The first-order valence-corrected chi connectivity index (χ1v) is 5.70. The van der Waals surface area contributed by atoms with Crippen molar-refractivity contribution >= 4 is 12.0 Å². The number of rotatable bonds is 6. The zero-order valence-corrected chi connectivity index (χ0v) is 10.8. The van der Waals surface area contributed by atoms with Crippen molar-refractivity contribution in [3.63, 3.8) is 0 Å². The molecule has 0 aromatic rings. The van der Waals surface area contributed by atoms with Gasteiger partial charge >= 0.3 is 12.0 Å². The molecule has 0 bridgehead atoms. The number of carboxylic acids is 1. The first-order valence-electron chi connectivity index (χ1n) is 5.70. The van der Waals surface area contributed by atoms with Crippen molar-refractivity contribution in [1.29, 1.82) is 0 Å². The summed E-state index contributed by atoms with van der Waals surface area (Å²) in [6.07, 6.45) is 0. The Balaban J connectivity index is 4.56. The smallest absolute Gasteiger partial charge is 0.328 e. The van der Waals surface area contributed by atoms with Gasteiger partial charge in [-0.3, -0.25) is 0 Å². The molecular formula is C11H22N2O4. The number of amides is 2. The fraction of sp³-hybridized carbons (Fsp3) is 0.818. The zero-order valence-electron chi connectivity index (χ0n) is 10.8. The third kappa shape index (κ3) is 5.53. The molecule has 0 saturated heterocycles. The van der Waals surface area contributed by atoms with Gasteiger partial charge in [-0.25, -0.2) is 9.59 Å². The highest BCUT2D eigenvalue weighted by Crippen LogP contribution is 2.05. The molecule has 0 aliphatic heterocycles. The lowest BCUT2D eigenvalue weighted by atomic mass is 10.2. The van der Waals surface area contributed by atoms with E-state index >= 15 is 0 Å². The van der Waals surface area contributed by atoms with Crippen molar-refractivity contribution in [3.05, 3.63) is 0 Å². The molecule has 17 heavy (non-hydrogen) atoms. The normalized spacial score (nSPS) is 12.6. The molecule has 0 radical (unpaired) electrons. The van der Waals surface area contributed by atoms with Gasteiger partial charge in [-0.15, -0.1) is 0 Å². The number of nitrogens with one attached hydrogen (secondary N) is 1. The maximum Gasteiger partial charge on any atom is 0.328 e. The number of aliphatic carboxylic acids is 1. The molecule has 0 aliphatic carbocycles. The second-order valence-corrected chi connectivity index (χ2v) is 4.66. The Bertz CT molecular complexity index is 266. The third-order valence-electron chi connectivity index (χ3n) is 2.22. The first kappa shape index (κ1) is 15.7. The molecule has 0 rings (SSSR count). The molecular weight excluding hydrogens is 224 g/mol. The van der Waals surface area contributed by atoms with Crippen LogP contribution in [0.3, 0.4) is 0 Å². The van der Waals surface area contributed by atoms with Gasteiger partial charge in [0.15, 0.2) is 6.04 Å². The van der Waals surface area contributed by atoms with Gasteiger partial charge in [-0.2, -0.15) is 0 Å². The Hall–Kier alpha value is -1.30. The van der Waals surface area contributed by atoms with Gasteiger partial charge in [0, 0.05) is 12.6 Å². The van der Waals surface area contributed by atoms with E-state index in [2.05, 4.69) is 5.32 Å². The van der Waals surface area contributed by atoms with E-state index < -0.39 is 24.6 Å². The van der Waals surface area contributed by atoms with E-state index in [-0.39, 0.29) is 6.04 Å². The van der Waals surface area contributed by atoms with E-state index in [1.54, 1.807) is 4.90 Å². The monoisotopic (exact) mass is 246 g/mol. The number of aliphatic hydroxyl groups is 1. The van der Waals surface area contributed by atoms with Crippen molar-refractivity contribution in [1.82, 2.24) is 10.2 Å². The number of carbonyl (C=O) groups excluding carboxylic acids is 1. The van der Waals surface area contributed by atoms with Crippen LogP contribution in [0.25, 0.3) is 0 Å². The maximum absolute atomic E-state index is 11.8. The molecule has 1 atom stereocenters. The Morgan fingerprint density at radius 3 is 2.06 bits per heavy atom. The minimum atomic E-state index is -1.25. The lowest BCUT2D eigenvalue weighted by Gasteiger charge is -2.29. The summed E-state index contributed by atoms with van der Waals surface area (Å²) in [6.45, 7) is 7.59. The molecule has 100 valence electrons. The van der Waals surface area contributed by atoms with E-state index in [9.17, 15) is 9.59 Å². The second-order valence-electron chi connectivity index (χ2n) is 4.66. The molecule has 0 aromatic heterocycles. The number of carboxylic acid groups (broad SMARTS) is 1. The predicted molar refractivity (Wildman–Crippen MR) is 63.7 cm³/mol. The van der Waals surface area contributed by atoms with Crippen molar-refractivity contribution < 1.29 is 19.8 Å². The first-order chi connectivity index (χ1) is 7.79. The van der Waals surface area contributed by atoms with Crippen LogP contribution < -0.4 is 5.32 Å². The molecule has 6 heteroatoms. The summed E-state index contributed by atoms with van der Waals surface area (Å²) < 4.78 is 0. The highest BCUT2D eigenvalue weighted by molar-refractivity contribution is 5.82. The maximum atomic E-state index is 11.8. The molecule has 0 unspecified atom stereocenters. The van der Waals surface area contributed by atoms with Crippen LogP contribution in [0.2, 0.25) is 0 Å². The van der Waals surface area contributed by atoms with E-state index in [0.29, 0.717) is 12.5 Å². The topological polar surface area (TPSA) is 89.9 Å². The van der Waals surface area contributed by atoms with E-state index in [4.69, 9.17) is 10.2 Å². The summed E-state index contributed by atoms with van der Waals surface area (Å²) in [7, 11) is 0. The molecule has 3 N–H and O–H groups in total. The van der Waals surface area contributed by atoms with Crippen LogP contribution in [0.1, 0.15) is 27.7 Å². The van der Waals surface area contributed by atoms with Crippen molar-refractivity contribution in [3.8, 4) is 0 Å². The summed E-state index contributed by atoms with van der Waals surface area (Å²) >= 11 is 0. The summed E-state index contributed by atoms with van der Waals surface area (Å²) in [6, 6.07) is -1.74. The Kier molecular flexibility index (Phi) is 6.57. The molecule has 0 fully saturated rings. The lowest BCUT2D eigenvalue weighted by molar-refractivity contribution is -0.140. The summed E-state index contributed by atoms with van der Waals surface area (Å²) in [5.74, 6) is -0.949. The fourth-order valence-corrected chi connectivity index (χ4v) is 1.34. The largest absolute Gasteiger partial charge is 0.480 e. The molecule has 0 heterocycles. The van der Waals surface area contributed by atoms with Crippen LogP contribution in [0.4, 0.5) is 4.79 Å². The van der Waals surface area contributed by atoms with Crippen LogP contribution in [0.5, 0.6) is 0 Å². The number of hydrogen-bond donors (Lipinski definition) is 3. The molecule has 0 saturated carbocycles. The molecule has 2 amide bonds. The highest BCUT2D eigenvalue weighted by Gasteiger charge is 2.24. The Morgan fingerprint density at radius 2 is 1.76 bits per heavy atom. The quantitative estimate of drug-likeness (QED) is 0.637. The van der Waals surface area contributed by atoms with Gasteiger partial charge in [0.2, 0.25) is 0 Å². The van der Waals surface area contributed by atoms with E-state index in [1.165, 1.54) is 0 Å². The van der Waals surface area contributed by atoms with E-state index in [1.807, 2.05) is 27.7 Å². The van der Waals surface area contributed by atoms with Gasteiger partial charge in [0.1, 0.15) is 0 Å². The number of urea groups is 1. The third-order valence-corrected chi connectivity index (χ3v) is 2.22. The highest BCUT2D eigenvalue weighted by atomic mass is 16.4. The molecule has 0 aliphatic rings. The van der Waals surface area contributed by atoms with Crippen LogP contribution >= 0.6 is 0 Å². The predicted octanol–water partition coefficient (Wildman–Crippen LogP) is 0.508. The number of carbonyl (C=O) groups is 2. The van der Waals surface area contributed by atoms with Crippen molar-refractivity contribution in [2.45, 2.75) is 39.8 Å². The Labute approximate surface area is 102 Å². The lowest BCUT2D eigenvalue weighted by Crippen LogP contribution is -2.52. The minimum Gasteiger partial charge on any atom is -0.480 e. The average molecular weight is 246 g/mol. The van der Waals surface area contributed by atoms with Gasteiger partial charge in [0.25, 0.3) is 0 Å². The van der Waals surface area contributed by atoms with Crippen LogP contribution in [0.15, 0.2) is 0 Å². The van der Waals surface area contributed by atoms with Crippen molar-refractivity contribution in [2.75, 3.05) is 13.2 Å². The summed E-state index contributed by atoms with van der Waals surface area (Å²) in [5.41, 5.74) is 0.